The quantitative estimate of drug-likeness (QED) is 0.439. The van der Waals surface area contributed by atoms with Crippen molar-refractivity contribution >= 4 is 11.3 Å². The number of hydrogen-bond acceptors (Lipinski definition) is 5. The molecule has 6 nitrogen and oxygen atoms in total. The number of ether oxygens (including phenoxy) is 2. The highest BCUT2D eigenvalue weighted by Crippen LogP contribution is 2.32. The summed E-state index contributed by atoms with van der Waals surface area (Å²) in [4.78, 5) is 13.2. The second-order valence-corrected chi connectivity index (χ2v) is 5.83. The number of nitro groups is 1. The minimum absolute atomic E-state index is 0.0475. The molecule has 6 heteroatoms. The zero-order chi connectivity index (χ0) is 16.8. The molecule has 0 amide bonds. The molecule has 0 saturated carbocycles. The first kappa shape index (κ1) is 17.4. The second kappa shape index (κ2) is 8.08. The van der Waals surface area contributed by atoms with E-state index in [-0.39, 0.29) is 10.6 Å². The number of allylic oxidation sites excluding steroid dienone is 1. The van der Waals surface area contributed by atoms with E-state index in [1.807, 2.05) is 6.92 Å². The number of nitrogens with zero attached hydrogens (tertiary/aromatic N) is 2. The van der Waals surface area contributed by atoms with Crippen LogP contribution < -0.4 is 4.74 Å². The maximum absolute atomic E-state index is 11.2. The van der Waals surface area contributed by atoms with Crippen LogP contribution in [0.4, 0.5) is 5.69 Å². The van der Waals surface area contributed by atoms with E-state index in [0.717, 1.165) is 44.8 Å². The topological polar surface area (TPSA) is 64.8 Å². The van der Waals surface area contributed by atoms with Gasteiger partial charge in [0.25, 0.3) is 5.69 Å². The molecule has 1 saturated heterocycles. The Bertz CT molecular complexity index is 580. The third-order valence-corrected chi connectivity index (χ3v) is 3.93. The maximum atomic E-state index is 11.2. The van der Waals surface area contributed by atoms with Crippen molar-refractivity contribution in [3.05, 3.63) is 40.0 Å². The van der Waals surface area contributed by atoms with Crippen LogP contribution in [-0.2, 0) is 4.74 Å². The molecule has 0 aliphatic carbocycles. The number of nitro benzene ring substituents is 1. The first-order valence-corrected chi connectivity index (χ1v) is 7.87. The van der Waals surface area contributed by atoms with E-state index in [4.69, 9.17) is 9.47 Å². The zero-order valence-electron chi connectivity index (χ0n) is 13.8. The van der Waals surface area contributed by atoms with Crippen LogP contribution >= 0.6 is 0 Å². The molecule has 1 aromatic carbocycles. The van der Waals surface area contributed by atoms with Gasteiger partial charge in [-0.15, -0.1) is 0 Å². The van der Waals surface area contributed by atoms with Gasteiger partial charge in [0.05, 0.1) is 36.4 Å². The Morgan fingerprint density at radius 3 is 2.74 bits per heavy atom. The molecule has 0 unspecified atom stereocenters. The smallest absolute Gasteiger partial charge is 0.280 e. The standard InChI is InChI=1S/C17H24N2O4/c1-13(2)15-11-14(3)17(12-16(15)19(20)21)23-8-4-5-18-6-9-22-10-7-18/h11-12H,1,4-10H2,2-3H3. The van der Waals surface area contributed by atoms with Gasteiger partial charge in [-0.1, -0.05) is 6.58 Å². The average Bonchev–Trinajstić information content (AvgIpc) is 2.53. The van der Waals surface area contributed by atoms with E-state index in [1.165, 1.54) is 6.07 Å². The first-order valence-electron chi connectivity index (χ1n) is 7.87. The fourth-order valence-electron chi connectivity index (χ4n) is 2.62. The Hall–Kier alpha value is -1.92. The molecule has 0 aromatic heterocycles. The number of aryl methyl sites for hydroxylation is 1. The van der Waals surface area contributed by atoms with Crippen molar-refractivity contribution in [2.45, 2.75) is 20.3 Å². The van der Waals surface area contributed by atoms with E-state index in [1.54, 1.807) is 13.0 Å². The summed E-state index contributed by atoms with van der Waals surface area (Å²) in [6.45, 7) is 12.5. The lowest BCUT2D eigenvalue weighted by Crippen LogP contribution is -2.37. The van der Waals surface area contributed by atoms with Crippen molar-refractivity contribution in [2.75, 3.05) is 39.5 Å². The summed E-state index contributed by atoms with van der Waals surface area (Å²) in [7, 11) is 0. The fourth-order valence-corrected chi connectivity index (χ4v) is 2.62. The molecular weight excluding hydrogens is 296 g/mol. The summed E-state index contributed by atoms with van der Waals surface area (Å²) in [6.07, 6.45) is 0.884. The predicted molar refractivity (Wildman–Crippen MR) is 89.9 cm³/mol. The molecule has 1 fully saturated rings. The normalized spacial score (nSPS) is 15.4. The molecule has 0 radical (unpaired) electrons. The van der Waals surface area contributed by atoms with E-state index in [0.29, 0.717) is 23.5 Å². The van der Waals surface area contributed by atoms with Crippen molar-refractivity contribution in [1.29, 1.82) is 0 Å². The zero-order valence-corrected chi connectivity index (χ0v) is 13.8. The predicted octanol–water partition coefficient (Wildman–Crippen LogP) is 3.04. The third-order valence-electron chi connectivity index (χ3n) is 3.93. The maximum Gasteiger partial charge on any atom is 0.280 e. The summed E-state index contributed by atoms with van der Waals surface area (Å²) in [5.41, 5.74) is 2.18. The van der Waals surface area contributed by atoms with E-state index in [2.05, 4.69) is 11.5 Å². The van der Waals surface area contributed by atoms with Gasteiger partial charge in [-0.3, -0.25) is 15.0 Å². The van der Waals surface area contributed by atoms with Crippen LogP contribution in [0, 0.1) is 17.0 Å². The number of hydrogen-bond donors (Lipinski definition) is 0. The van der Waals surface area contributed by atoms with Crippen LogP contribution in [0.1, 0.15) is 24.5 Å². The van der Waals surface area contributed by atoms with Gasteiger partial charge in [0.15, 0.2) is 0 Å². The van der Waals surface area contributed by atoms with Crippen molar-refractivity contribution in [1.82, 2.24) is 4.90 Å². The van der Waals surface area contributed by atoms with Crippen LogP contribution in [0.15, 0.2) is 18.7 Å². The van der Waals surface area contributed by atoms with E-state index < -0.39 is 0 Å². The summed E-state index contributed by atoms with van der Waals surface area (Å²) in [5.74, 6) is 0.573. The molecule has 1 aliphatic heterocycles. The fraction of sp³-hybridized carbons (Fsp3) is 0.529. The Morgan fingerprint density at radius 2 is 2.13 bits per heavy atom. The van der Waals surface area contributed by atoms with Crippen LogP contribution in [0.2, 0.25) is 0 Å². The Morgan fingerprint density at radius 1 is 1.43 bits per heavy atom. The van der Waals surface area contributed by atoms with Crippen molar-refractivity contribution < 1.29 is 14.4 Å². The van der Waals surface area contributed by atoms with Gasteiger partial charge >= 0.3 is 0 Å². The Balaban J connectivity index is 1.95. The minimum Gasteiger partial charge on any atom is -0.493 e. The Kier molecular flexibility index (Phi) is 6.12. The molecule has 0 atom stereocenters. The highest BCUT2D eigenvalue weighted by Gasteiger charge is 2.18. The third kappa shape index (κ3) is 4.77. The molecule has 1 aliphatic rings. The molecule has 126 valence electrons. The van der Waals surface area contributed by atoms with Crippen molar-refractivity contribution in [3.8, 4) is 5.75 Å². The highest BCUT2D eigenvalue weighted by atomic mass is 16.6. The SMILES string of the molecule is C=C(C)c1cc(C)c(OCCCN2CCOCC2)cc1[N+](=O)[O-]. The molecule has 1 aromatic rings. The van der Waals surface area contributed by atoms with Gasteiger partial charge < -0.3 is 9.47 Å². The highest BCUT2D eigenvalue weighted by molar-refractivity contribution is 5.72. The summed E-state index contributed by atoms with van der Waals surface area (Å²) in [6, 6.07) is 3.28. The average molecular weight is 320 g/mol. The number of rotatable bonds is 7. The number of morpholine rings is 1. The lowest BCUT2D eigenvalue weighted by molar-refractivity contribution is -0.385. The Labute approximate surface area is 136 Å². The van der Waals surface area contributed by atoms with Crippen molar-refractivity contribution in [2.24, 2.45) is 0 Å². The first-order chi connectivity index (χ1) is 11.0. The summed E-state index contributed by atoms with van der Waals surface area (Å²) in [5, 5.41) is 11.2. The summed E-state index contributed by atoms with van der Waals surface area (Å²) < 4.78 is 11.1. The van der Waals surface area contributed by atoms with E-state index >= 15 is 0 Å². The van der Waals surface area contributed by atoms with E-state index in [9.17, 15) is 10.1 Å². The monoisotopic (exact) mass is 320 g/mol. The van der Waals surface area contributed by atoms with Gasteiger partial charge in [0.2, 0.25) is 0 Å². The van der Waals surface area contributed by atoms with Crippen LogP contribution in [0.25, 0.3) is 5.57 Å². The lowest BCUT2D eigenvalue weighted by atomic mass is 10.0. The molecule has 2 rings (SSSR count). The van der Waals surface area contributed by atoms with Crippen LogP contribution in [0.5, 0.6) is 5.75 Å². The lowest BCUT2D eigenvalue weighted by Gasteiger charge is -2.26. The van der Waals surface area contributed by atoms with Crippen LogP contribution in [-0.4, -0.2) is 49.3 Å². The molecule has 1 heterocycles. The summed E-state index contributed by atoms with van der Waals surface area (Å²) >= 11 is 0. The van der Waals surface area contributed by atoms with Gasteiger partial charge in [-0.2, -0.15) is 0 Å². The van der Waals surface area contributed by atoms with Gasteiger partial charge in [-0.05, 0) is 37.5 Å². The molecule has 0 N–H and O–H groups in total. The molecular formula is C17H24N2O4. The molecule has 0 bridgehead atoms. The number of benzene rings is 1. The second-order valence-electron chi connectivity index (χ2n) is 5.83. The van der Waals surface area contributed by atoms with Crippen LogP contribution in [0.3, 0.4) is 0 Å². The van der Waals surface area contributed by atoms with Gasteiger partial charge in [-0.25, -0.2) is 0 Å². The minimum atomic E-state index is -0.385. The van der Waals surface area contributed by atoms with Crippen molar-refractivity contribution in [3.63, 3.8) is 0 Å². The largest absolute Gasteiger partial charge is 0.493 e. The van der Waals surface area contributed by atoms with Gasteiger partial charge in [0.1, 0.15) is 5.75 Å². The molecule has 23 heavy (non-hydrogen) atoms. The molecule has 0 spiro atoms. The van der Waals surface area contributed by atoms with Gasteiger partial charge in [0, 0.05) is 19.6 Å².